The molecule has 142 valence electrons. The second-order valence-electron chi connectivity index (χ2n) is 6.61. The summed E-state index contributed by atoms with van der Waals surface area (Å²) in [6, 6.07) is 3.75. The molecule has 1 aliphatic rings. The SMILES string of the molecule is Cc1cc(C)c2c(=O)c(CC3SC(=S)N(CCCC(=O)O)C3=O)coc2c1. The lowest BCUT2D eigenvalue weighted by atomic mass is 10.0. The number of thiocarbonyl (C=S) groups is 1. The van der Waals surface area contributed by atoms with Gasteiger partial charge in [0.15, 0.2) is 5.43 Å². The minimum Gasteiger partial charge on any atom is -0.481 e. The third-order valence-electron chi connectivity index (χ3n) is 4.47. The van der Waals surface area contributed by atoms with E-state index in [-0.39, 0.29) is 30.7 Å². The number of carboxylic acid groups (broad SMARTS) is 1. The summed E-state index contributed by atoms with van der Waals surface area (Å²) in [4.78, 5) is 37.6. The predicted octanol–water partition coefficient (Wildman–Crippen LogP) is 3.05. The van der Waals surface area contributed by atoms with E-state index in [0.29, 0.717) is 27.3 Å². The summed E-state index contributed by atoms with van der Waals surface area (Å²) in [6.07, 6.45) is 1.97. The van der Waals surface area contributed by atoms with Gasteiger partial charge in [-0.05, 0) is 37.5 Å². The molecule has 0 radical (unpaired) electrons. The molecule has 1 aliphatic heterocycles. The maximum atomic E-state index is 12.9. The average Bonchev–Trinajstić information content (AvgIpc) is 2.84. The van der Waals surface area contributed by atoms with E-state index >= 15 is 0 Å². The fourth-order valence-corrected chi connectivity index (χ4v) is 4.79. The topological polar surface area (TPSA) is 87.8 Å². The van der Waals surface area contributed by atoms with Crippen LogP contribution >= 0.6 is 24.0 Å². The fraction of sp³-hybridized carbons (Fsp3) is 0.368. The molecule has 2 aromatic rings. The van der Waals surface area contributed by atoms with Gasteiger partial charge in [0.05, 0.1) is 16.9 Å². The molecule has 8 heteroatoms. The molecule has 6 nitrogen and oxygen atoms in total. The molecule has 0 bridgehead atoms. The number of benzene rings is 1. The molecular weight excluding hydrogens is 386 g/mol. The van der Waals surface area contributed by atoms with Crippen molar-refractivity contribution in [3.8, 4) is 0 Å². The maximum Gasteiger partial charge on any atom is 0.303 e. The Balaban J connectivity index is 1.80. The second-order valence-corrected chi connectivity index (χ2v) is 8.45. The first-order valence-electron chi connectivity index (χ1n) is 8.53. The van der Waals surface area contributed by atoms with Crippen molar-refractivity contribution < 1.29 is 19.1 Å². The third kappa shape index (κ3) is 4.06. The highest BCUT2D eigenvalue weighted by Gasteiger charge is 2.37. The minimum atomic E-state index is -0.906. The second kappa shape index (κ2) is 7.82. The summed E-state index contributed by atoms with van der Waals surface area (Å²) >= 11 is 6.49. The van der Waals surface area contributed by atoms with Gasteiger partial charge in [-0.1, -0.05) is 30.0 Å². The Bertz CT molecular complexity index is 997. The highest BCUT2D eigenvalue weighted by atomic mass is 32.2. The first-order valence-corrected chi connectivity index (χ1v) is 9.82. The number of hydrogen-bond acceptors (Lipinski definition) is 6. The smallest absolute Gasteiger partial charge is 0.303 e. The number of carboxylic acids is 1. The molecule has 3 rings (SSSR count). The molecule has 1 aromatic heterocycles. The van der Waals surface area contributed by atoms with Crippen LogP contribution in [-0.4, -0.2) is 38.0 Å². The normalized spacial score (nSPS) is 17.1. The van der Waals surface area contributed by atoms with E-state index in [9.17, 15) is 14.4 Å². The molecule has 1 N–H and O–H groups in total. The highest BCUT2D eigenvalue weighted by molar-refractivity contribution is 8.24. The molecule has 0 aliphatic carbocycles. The van der Waals surface area contributed by atoms with Gasteiger partial charge in [-0.2, -0.15) is 0 Å². The zero-order valence-electron chi connectivity index (χ0n) is 15.0. The van der Waals surface area contributed by atoms with Crippen molar-refractivity contribution in [3.05, 3.63) is 45.3 Å². The van der Waals surface area contributed by atoms with E-state index in [1.807, 2.05) is 26.0 Å². The van der Waals surface area contributed by atoms with Crippen molar-refractivity contribution in [1.29, 1.82) is 0 Å². The molecular formula is C19H19NO5S2. The van der Waals surface area contributed by atoms with Gasteiger partial charge < -0.3 is 9.52 Å². The molecule has 1 saturated heterocycles. The van der Waals surface area contributed by atoms with Crippen LogP contribution in [0.15, 0.2) is 27.6 Å². The number of rotatable bonds is 6. The Morgan fingerprint density at radius 2 is 2.07 bits per heavy atom. The van der Waals surface area contributed by atoms with E-state index < -0.39 is 11.2 Å². The monoisotopic (exact) mass is 405 g/mol. The Hall–Kier alpha value is -2.19. The summed E-state index contributed by atoms with van der Waals surface area (Å²) < 4.78 is 6.07. The molecule has 2 heterocycles. The quantitative estimate of drug-likeness (QED) is 0.739. The Kier molecular flexibility index (Phi) is 5.67. The first-order chi connectivity index (χ1) is 12.8. The zero-order valence-corrected chi connectivity index (χ0v) is 16.6. The number of hydrogen-bond donors (Lipinski definition) is 1. The van der Waals surface area contributed by atoms with Gasteiger partial charge in [0, 0.05) is 24.9 Å². The van der Waals surface area contributed by atoms with Gasteiger partial charge in [0.2, 0.25) is 5.91 Å². The van der Waals surface area contributed by atoms with Crippen LogP contribution in [0.2, 0.25) is 0 Å². The van der Waals surface area contributed by atoms with Crippen LogP contribution in [0.5, 0.6) is 0 Å². The molecule has 27 heavy (non-hydrogen) atoms. The van der Waals surface area contributed by atoms with Crippen molar-refractivity contribution >= 4 is 51.1 Å². The standard InChI is InChI=1S/C19H19NO5S2/c1-10-6-11(2)16-13(7-10)25-9-12(17(16)23)8-14-18(24)20(19(26)27-14)5-3-4-15(21)22/h6-7,9,14H,3-5,8H2,1-2H3,(H,21,22). The Morgan fingerprint density at radius 1 is 1.33 bits per heavy atom. The van der Waals surface area contributed by atoms with Crippen molar-refractivity contribution in [2.24, 2.45) is 0 Å². The maximum absolute atomic E-state index is 12.9. The largest absolute Gasteiger partial charge is 0.481 e. The van der Waals surface area contributed by atoms with Gasteiger partial charge in [0.1, 0.15) is 9.90 Å². The Morgan fingerprint density at radius 3 is 2.78 bits per heavy atom. The van der Waals surface area contributed by atoms with Crippen LogP contribution in [0, 0.1) is 13.8 Å². The summed E-state index contributed by atoms with van der Waals surface area (Å²) in [6.45, 7) is 4.08. The molecule has 0 saturated carbocycles. The summed E-state index contributed by atoms with van der Waals surface area (Å²) in [7, 11) is 0. The van der Waals surface area contributed by atoms with Gasteiger partial charge in [0.25, 0.3) is 0 Å². The molecule has 0 spiro atoms. The van der Waals surface area contributed by atoms with Crippen molar-refractivity contribution in [1.82, 2.24) is 4.90 Å². The van der Waals surface area contributed by atoms with Gasteiger partial charge in [-0.3, -0.25) is 19.3 Å². The highest BCUT2D eigenvalue weighted by Crippen LogP contribution is 2.30. The summed E-state index contributed by atoms with van der Waals surface area (Å²) in [5.41, 5.74) is 2.71. The zero-order chi connectivity index (χ0) is 19.7. The van der Waals surface area contributed by atoms with Gasteiger partial charge in [-0.25, -0.2) is 0 Å². The number of fused-ring (bicyclic) bond motifs is 1. The number of thioether (sulfide) groups is 1. The Labute approximate surface area is 165 Å². The van der Waals surface area contributed by atoms with Crippen LogP contribution in [0.4, 0.5) is 0 Å². The molecule has 1 unspecified atom stereocenters. The number of nitrogens with zero attached hydrogens (tertiary/aromatic N) is 1. The van der Waals surface area contributed by atoms with Crippen molar-refractivity contribution in [3.63, 3.8) is 0 Å². The summed E-state index contributed by atoms with van der Waals surface area (Å²) in [5, 5.41) is 8.78. The van der Waals surface area contributed by atoms with Crippen LogP contribution in [0.3, 0.4) is 0 Å². The lowest BCUT2D eigenvalue weighted by Gasteiger charge is -2.14. The number of carbonyl (C=O) groups excluding carboxylic acids is 1. The van der Waals surface area contributed by atoms with Crippen LogP contribution in [0.1, 0.15) is 29.5 Å². The summed E-state index contributed by atoms with van der Waals surface area (Å²) in [5.74, 6) is -1.09. The first kappa shape index (κ1) is 19.6. The third-order valence-corrected chi connectivity index (χ3v) is 6.06. The van der Waals surface area contributed by atoms with Crippen molar-refractivity contribution in [2.45, 2.75) is 38.4 Å². The number of carbonyl (C=O) groups is 2. The molecule has 1 amide bonds. The lowest BCUT2D eigenvalue weighted by molar-refractivity contribution is -0.137. The van der Waals surface area contributed by atoms with E-state index in [1.54, 1.807) is 0 Å². The van der Waals surface area contributed by atoms with Crippen molar-refractivity contribution in [2.75, 3.05) is 6.54 Å². The fourth-order valence-electron chi connectivity index (χ4n) is 3.22. The predicted molar refractivity (Wildman–Crippen MR) is 108 cm³/mol. The van der Waals surface area contributed by atoms with Crippen LogP contribution in [0.25, 0.3) is 11.0 Å². The van der Waals surface area contributed by atoms with Gasteiger partial charge in [-0.15, -0.1) is 0 Å². The molecule has 1 aromatic carbocycles. The average molecular weight is 405 g/mol. The van der Waals surface area contributed by atoms with E-state index in [2.05, 4.69) is 0 Å². The lowest BCUT2D eigenvalue weighted by Crippen LogP contribution is -2.33. The van der Waals surface area contributed by atoms with Crippen LogP contribution < -0.4 is 5.43 Å². The molecule has 1 atom stereocenters. The van der Waals surface area contributed by atoms with E-state index in [4.69, 9.17) is 21.7 Å². The minimum absolute atomic E-state index is 0.0192. The number of aryl methyl sites for hydroxylation is 2. The molecule has 1 fully saturated rings. The van der Waals surface area contributed by atoms with E-state index in [0.717, 1.165) is 11.1 Å². The number of aliphatic carboxylic acids is 1. The van der Waals surface area contributed by atoms with E-state index in [1.165, 1.54) is 22.9 Å². The van der Waals surface area contributed by atoms with Crippen LogP contribution in [-0.2, 0) is 16.0 Å². The number of amides is 1. The van der Waals surface area contributed by atoms with Gasteiger partial charge >= 0.3 is 5.97 Å².